The molecular weight excluding hydrogens is 413 g/mol. The maximum absolute atomic E-state index is 14.9. The Labute approximate surface area is 185 Å². The number of cyclic esters (lactones) is 1. The molecule has 8 heteroatoms. The van der Waals surface area contributed by atoms with Crippen LogP contribution < -0.4 is 15.5 Å². The fourth-order valence-electron chi connectivity index (χ4n) is 3.55. The summed E-state index contributed by atoms with van der Waals surface area (Å²) in [5.41, 5.74) is 2.69. The van der Waals surface area contributed by atoms with Crippen LogP contribution in [0.4, 0.5) is 14.9 Å². The predicted molar refractivity (Wildman–Crippen MR) is 117 cm³/mol. The number of benzene rings is 2. The topological polar surface area (TPSA) is 83.8 Å². The Morgan fingerprint density at radius 2 is 1.97 bits per heavy atom. The maximum Gasteiger partial charge on any atom is 0.414 e. The van der Waals surface area contributed by atoms with Gasteiger partial charge < -0.3 is 19.8 Å². The molecule has 1 atom stereocenters. The van der Waals surface area contributed by atoms with Crippen molar-refractivity contribution >= 4 is 17.7 Å². The summed E-state index contributed by atoms with van der Waals surface area (Å²) in [6.07, 6.45) is 0.615. The van der Waals surface area contributed by atoms with Crippen molar-refractivity contribution in [3.05, 3.63) is 78.0 Å². The van der Waals surface area contributed by atoms with E-state index >= 15 is 0 Å². The quantitative estimate of drug-likeness (QED) is 0.560. The lowest BCUT2D eigenvalue weighted by atomic mass is 10.0. The molecule has 2 aromatic carbocycles. The summed E-state index contributed by atoms with van der Waals surface area (Å²) in [6.45, 7) is 3.17. The van der Waals surface area contributed by atoms with Crippen molar-refractivity contribution < 1.29 is 23.1 Å². The Balaban J connectivity index is 1.38. The Morgan fingerprint density at radius 1 is 1.16 bits per heavy atom. The van der Waals surface area contributed by atoms with Gasteiger partial charge >= 0.3 is 6.09 Å². The standard InChI is InChI=1S/C24H24FN3O4/c1-16(29)27-14-21-15-28(24(30)32-21)19-8-9-22(23(25)11-19)18-6-4-17(5-7-18)12-26-13-20-3-2-10-31-20/h2-11,21,26H,12-15H2,1H3,(H,27,29)/t21-/m0/s1. The van der Waals surface area contributed by atoms with Crippen LogP contribution in [0.1, 0.15) is 18.2 Å². The number of halogens is 1. The molecule has 1 saturated heterocycles. The zero-order chi connectivity index (χ0) is 22.5. The number of carbonyl (C=O) groups is 2. The van der Waals surface area contributed by atoms with Gasteiger partial charge in [0, 0.05) is 19.0 Å². The number of nitrogens with one attached hydrogen (secondary N) is 2. The van der Waals surface area contributed by atoms with Gasteiger partial charge in [0.1, 0.15) is 17.7 Å². The minimum Gasteiger partial charge on any atom is -0.468 e. The molecule has 0 unspecified atom stereocenters. The second-order valence-corrected chi connectivity index (χ2v) is 7.60. The van der Waals surface area contributed by atoms with Crippen LogP contribution in [0, 0.1) is 5.82 Å². The molecule has 0 bridgehead atoms. The van der Waals surface area contributed by atoms with E-state index in [2.05, 4.69) is 10.6 Å². The van der Waals surface area contributed by atoms with Gasteiger partial charge in [0.15, 0.2) is 0 Å². The van der Waals surface area contributed by atoms with E-state index < -0.39 is 18.0 Å². The van der Waals surface area contributed by atoms with E-state index in [4.69, 9.17) is 9.15 Å². The third-order valence-electron chi connectivity index (χ3n) is 5.19. The molecule has 2 heterocycles. The predicted octanol–water partition coefficient (Wildman–Crippen LogP) is 3.84. The maximum atomic E-state index is 14.9. The molecule has 0 aliphatic carbocycles. The van der Waals surface area contributed by atoms with Crippen molar-refractivity contribution in [2.24, 2.45) is 0 Å². The van der Waals surface area contributed by atoms with Crippen molar-refractivity contribution in [2.75, 3.05) is 18.0 Å². The number of nitrogens with zero attached hydrogens (tertiary/aromatic N) is 1. The molecule has 2 N–H and O–H groups in total. The first-order valence-electron chi connectivity index (χ1n) is 10.3. The van der Waals surface area contributed by atoms with E-state index in [0.29, 0.717) is 24.3 Å². The molecule has 1 aliphatic heterocycles. The lowest BCUT2D eigenvalue weighted by Gasteiger charge is -2.15. The molecule has 166 valence electrons. The van der Waals surface area contributed by atoms with Gasteiger partial charge in [-0.3, -0.25) is 9.69 Å². The largest absolute Gasteiger partial charge is 0.468 e. The monoisotopic (exact) mass is 437 g/mol. The van der Waals surface area contributed by atoms with Crippen LogP contribution in [0.25, 0.3) is 11.1 Å². The normalized spacial score (nSPS) is 15.6. The number of hydrogen-bond acceptors (Lipinski definition) is 5. The molecule has 7 nitrogen and oxygen atoms in total. The van der Waals surface area contributed by atoms with E-state index in [1.807, 2.05) is 36.4 Å². The number of furan rings is 1. The van der Waals surface area contributed by atoms with E-state index in [-0.39, 0.29) is 19.0 Å². The van der Waals surface area contributed by atoms with Gasteiger partial charge in [0.2, 0.25) is 5.91 Å². The average molecular weight is 437 g/mol. The lowest BCUT2D eigenvalue weighted by Crippen LogP contribution is -2.33. The number of ether oxygens (including phenoxy) is 1. The van der Waals surface area contributed by atoms with Gasteiger partial charge in [-0.2, -0.15) is 0 Å². The third kappa shape index (κ3) is 5.15. The lowest BCUT2D eigenvalue weighted by molar-refractivity contribution is -0.119. The second-order valence-electron chi connectivity index (χ2n) is 7.60. The van der Waals surface area contributed by atoms with Crippen molar-refractivity contribution in [3.8, 4) is 11.1 Å². The second kappa shape index (κ2) is 9.65. The third-order valence-corrected chi connectivity index (χ3v) is 5.19. The Bertz CT molecular complexity index is 1080. The van der Waals surface area contributed by atoms with Crippen molar-refractivity contribution in [3.63, 3.8) is 0 Å². The van der Waals surface area contributed by atoms with Crippen LogP contribution in [0.3, 0.4) is 0 Å². The molecular formula is C24H24FN3O4. The van der Waals surface area contributed by atoms with Crippen LogP contribution in [0.2, 0.25) is 0 Å². The van der Waals surface area contributed by atoms with Crippen LogP contribution in [0.15, 0.2) is 65.3 Å². The van der Waals surface area contributed by atoms with Crippen LogP contribution in [0.5, 0.6) is 0 Å². The van der Waals surface area contributed by atoms with E-state index in [1.54, 1.807) is 18.4 Å². The van der Waals surface area contributed by atoms with Gasteiger partial charge in [0.25, 0.3) is 0 Å². The highest BCUT2D eigenvalue weighted by atomic mass is 19.1. The van der Waals surface area contributed by atoms with E-state index in [1.165, 1.54) is 17.9 Å². The van der Waals surface area contributed by atoms with Crippen LogP contribution >= 0.6 is 0 Å². The average Bonchev–Trinajstić information content (AvgIpc) is 3.42. The zero-order valence-electron chi connectivity index (χ0n) is 17.6. The fourth-order valence-corrected chi connectivity index (χ4v) is 3.55. The minimum atomic E-state index is -0.557. The Morgan fingerprint density at radius 3 is 2.66 bits per heavy atom. The zero-order valence-corrected chi connectivity index (χ0v) is 17.6. The van der Waals surface area contributed by atoms with E-state index in [9.17, 15) is 14.0 Å². The molecule has 32 heavy (non-hydrogen) atoms. The molecule has 0 radical (unpaired) electrons. The summed E-state index contributed by atoms with van der Waals surface area (Å²) in [4.78, 5) is 24.6. The molecule has 3 aromatic rings. The van der Waals surface area contributed by atoms with Gasteiger partial charge in [-0.15, -0.1) is 0 Å². The molecule has 1 aromatic heterocycles. The highest BCUT2D eigenvalue weighted by Gasteiger charge is 2.32. The summed E-state index contributed by atoms with van der Waals surface area (Å²) in [5, 5.41) is 5.92. The van der Waals surface area contributed by atoms with Gasteiger partial charge in [0.05, 0.1) is 31.6 Å². The van der Waals surface area contributed by atoms with E-state index in [0.717, 1.165) is 16.9 Å². The van der Waals surface area contributed by atoms with Crippen LogP contribution in [-0.2, 0) is 22.6 Å². The number of rotatable bonds is 8. The summed E-state index contributed by atoms with van der Waals surface area (Å²) in [6, 6.07) is 16.1. The van der Waals surface area contributed by atoms with Gasteiger partial charge in [-0.25, -0.2) is 9.18 Å². The first kappa shape index (κ1) is 21.6. The van der Waals surface area contributed by atoms with Gasteiger partial charge in [-0.1, -0.05) is 24.3 Å². The van der Waals surface area contributed by atoms with Crippen LogP contribution in [-0.4, -0.2) is 31.2 Å². The summed E-state index contributed by atoms with van der Waals surface area (Å²) >= 11 is 0. The molecule has 1 fully saturated rings. The SMILES string of the molecule is CC(=O)NC[C@H]1CN(c2ccc(-c3ccc(CNCc4ccco4)cc3)c(F)c2)C(=O)O1. The van der Waals surface area contributed by atoms with Crippen molar-refractivity contribution in [2.45, 2.75) is 26.1 Å². The van der Waals surface area contributed by atoms with Crippen molar-refractivity contribution in [1.82, 2.24) is 10.6 Å². The summed E-state index contributed by atoms with van der Waals surface area (Å²) < 4.78 is 25.4. The smallest absolute Gasteiger partial charge is 0.414 e. The molecule has 0 spiro atoms. The molecule has 2 amide bonds. The number of carbonyl (C=O) groups excluding carboxylic acids is 2. The Hall–Kier alpha value is -3.65. The molecule has 4 rings (SSSR count). The summed E-state index contributed by atoms with van der Waals surface area (Å²) in [5.74, 6) is 0.241. The van der Waals surface area contributed by atoms with Crippen molar-refractivity contribution in [1.29, 1.82) is 0 Å². The highest BCUT2D eigenvalue weighted by molar-refractivity contribution is 5.90. The molecule has 0 saturated carbocycles. The first-order chi connectivity index (χ1) is 15.5. The molecule has 1 aliphatic rings. The summed E-state index contributed by atoms with van der Waals surface area (Å²) in [7, 11) is 0. The minimum absolute atomic E-state index is 0.200. The number of amides is 2. The number of anilines is 1. The van der Waals surface area contributed by atoms with Gasteiger partial charge in [-0.05, 0) is 41.5 Å². The fraction of sp³-hybridized carbons (Fsp3) is 0.250. The Kier molecular flexibility index (Phi) is 6.51. The number of hydrogen-bond donors (Lipinski definition) is 2. The first-order valence-corrected chi connectivity index (χ1v) is 10.3. The highest BCUT2D eigenvalue weighted by Crippen LogP contribution is 2.29.